The van der Waals surface area contributed by atoms with Crippen LogP contribution in [0.2, 0.25) is 0 Å². The predicted octanol–water partition coefficient (Wildman–Crippen LogP) is 5.35. The first-order valence-corrected chi connectivity index (χ1v) is 13.4. The van der Waals surface area contributed by atoms with Crippen LogP contribution in [0, 0.1) is 0 Å². The average Bonchev–Trinajstić information content (AvgIpc) is 3.06. The smallest absolute Gasteiger partial charge is 0.336 e. The highest BCUT2D eigenvalue weighted by Gasteiger charge is 2.43. The third-order valence-electron chi connectivity index (χ3n) is 6.13. The maximum Gasteiger partial charge on any atom is 0.336 e. The van der Waals surface area contributed by atoms with Gasteiger partial charge < -0.3 is 19.5 Å². The molecular weight excluding hydrogens is 497 g/mol. The van der Waals surface area contributed by atoms with E-state index in [0.29, 0.717) is 6.42 Å². The molecule has 2 aromatic rings. The maximum atomic E-state index is 13.5. The molecule has 2 aromatic carbocycles. The molecule has 0 spiro atoms. The van der Waals surface area contributed by atoms with Gasteiger partial charge in [-0.15, -0.1) is 0 Å². The third kappa shape index (κ3) is 7.32. The van der Waals surface area contributed by atoms with E-state index in [1.54, 1.807) is 12.1 Å². The van der Waals surface area contributed by atoms with E-state index in [-0.39, 0.29) is 11.9 Å². The van der Waals surface area contributed by atoms with Gasteiger partial charge in [-0.1, -0.05) is 42.5 Å². The minimum Gasteiger partial charge on any atom is -0.508 e. The van der Waals surface area contributed by atoms with E-state index in [4.69, 9.17) is 18.5 Å². The van der Waals surface area contributed by atoms with Crippen LogP contribution in [-0.2, 0) is 38.1 Å². The summed E-state index contributed by atoms with van der Waals surface area (Å²) in [6.07, 6.45) is 6.20. The number of allylic oxidation sites excluding steroid dienone is 3. The number of nitrogens with zero attached hydrogens (tertiary/aromatic N) is 1. The molecule has 1 aliphatic heterocycles. The lowest BCUT2D eigenvalue weighted by molar-refractivity contribution is -0.149. The standard InChI is InChI=1S/C27H32NO8P/c1-20(29)33-18-35-37(32,36-19-34-21(2)30)17-16-27(3)24-9-5-6-10-25(24)28(4)26(27)11-7-8-22-12-14-23(31)15-13-22/h5-15,31H,16-19H2,1-4H3/b8-7+,26-11-. The molecule has 0 amide bonds. The zero-order valence-corrected chi connectivity index (χ0v) is 22.3. The largest absolute Gasteiger partial charge is 0.508 e. The van der Waals surface area contributed by atoms with Gasteiger partial charge in [0, 0.05) is 37.7 Å². The fourth-order valence-electron chi connectivity index (χ4n) is 4.17. The SMILES string of the molecule is CC(=O)OCOP(=O)(CCC1(C)/C(=C/C=C/c2ccc(O)cc2)N(C)c2ccccc21)OCOC(C)=O. The molecule has 1 N–H and O–H groups in total. The van der Waals surface area contributed by atoms with Crippen LogP contribution in [-0.4, -0.2) is 43.8 Å². The van der Waals surface area contributed by atoms with Crippen molar-refractivity contribution in [2.75, 3.05) is 31.7 Å². The van der Waals surface area contributed by atoms with Gasteiger partial charge >= 0.3 is 19.5 Å². The first-order valence-electron chi connectivity index (χ1n) is 11.7. The number of hydrogen-bond acceptors (Lipinski definition) is 9. The number of hydrogen-bond donors (Lipinski definition) is 1. The van der Waals surface area contributed by atoms with Gasteiger partial charge in [-0.2, -0.15) is 0 Å². The van der Waals surface area contributed by atoms with Gasteiger partial charge in [0.05, 0.1) is 6.16 Å². The third-order valence-corrected chi connectivity index (χ3v) is 7.90. The molecule has 0 aliphatic carbocycles. The van der Waals surface area contributed by atoms with Crippen LogP contribution in [0.3, 0.4) is 0 Å². The Morgan fingerprint density at radius 3 is 2.19 bits per heavy atom. The van der Waals surface area contributed by atoms with Gasteiger partial charge in [0.15, 0.2) is 0 Å². The molecule has 0 radical (unpaired) electrons. The Bertz CT molecular complexity index is 1200. The lowest BCUT2D eigenvalue weighted by atomic mass is 9.79. The van der Waals surface area contributed by atoms with Crippen LogP contribution in [0.15, 0.2) is 66.4 Å². The van der Waals surface area contributed by atoms with E-state index in [2.05, 4.69) is 11.8 Å². The van der Waals surface area contributed by atoms with Crippen LogP contribution in [0.5, 0.6) is 5.75 Å². The maximum absolute atomic E-state index is 13.5. The predicted molar refractivity (Wildman–Crippen MR) is 140 cm³/mol. The summed E-state index contributed by atoms with van der Waals surface area (Å²) in [5, 5.41) is 9.51. The topological polar surface area (TPSA) is 112 Å². The highest BCUT2D eigenvalue weighted by molar-refractivity contribution is 7.53. The Morgan fingerprint density at radius 1 is 1.00 bits per heavy atom. The summed E-state index contributed by atoms with van der Waals surface area (Å²) < 4.78 is 33.8. The van der Waals surface area contributed by atoms with Gasteiger partial charge in [-0.25, -0.2) is 0 Å². The van der Waals surface area contributed by atoms with Crippen molar-refractivity contribution in [3.05, 3.63) is 77.5 Å². The van der Waals surface area contributed by atoms with Crippen LogP contribution in [0.1, 0.15) is 38.3 Å². The number of para-hydroxylation sites is 1. The number of fused-ring (bicyclic) bond motifs is 1. The summed E-state index contributed by atoms with van der Waals surface area (Å²) in [5.74, 6) is -0.976. The van der Waals surface area contributed by atoms with Gasteiger partial charge in [-0.3, -0.25) is 23.2 Å². The number of phenols is 1. The second-order valence-corrected chi connectivity index (χ2v) is 10.9. The Kier molecular flexibility index (Phi) is 9.32. The van der Waals surface area contributed by atoms with Crippen molar-refractivity contribution < 1.29 is 37.8 Å². The fourth-order valence-corrected chi connectivity index (χ4v) is 5.65. The minimum atomic E-state index is -3.81. The first-order chi connectivity index (χ1) is 17.5. The molecule has 3 rings (SSSR count). The van der Waals surface area contributed by atoms with E-state index in [1.165, 1.54) is 13.8 Å². The van der Waals surface area contributed by atoms with E-state index in [1.807, 2.05) is 61.7 Å². The molecule has 0 saturated carbocycles. The number of aromatic hydroxyl groups is 1. The Labute approximate surface area is 216 Å². The summed E-state index contributed by atoms with van der Waals surface area (Å²) in [5.41, 5.74) is 3.40. The molecule has 0 fully saturated rings. The van der Waals surface area contributed by atoms with Gasteiger partial charge in [0.2, 0.25) is 13.6 Å². The van der Waals surface area contributed by atoms with Gasteiger partial charge in [0.1, 0.15) is 5.75 Å². The molecular formula is C27H32NO8P. The molecule has 0 bridgehead atoms. The number of carbonyl (C=O) groups is 2. The van der Waals surface area contributed by atoms with E-state index in [0.717, 1.165) is 22.5 Å². The van der Waals surface area contributed by atoms with Crippen molar-refractivity contribution >= 4 is 31.3 Å². The van der Waals surface area contributed by atoms with Crippen molar-refractivity contribution in [2.45, 2.75) is 32.6 Å². The number of phenolic OH excluding ortho intramolecular Hbond substituents is 1. The molecule has 10 heteroatoms. The number of carbonyl (C=O) groups excluding carboxylic acids is 2. The first kappa shape index (κ1) is 28.2. The minimum absolute atomic E-state index is 0.0206. The normalized spacial score (nSPS) is 18.3. The summed E-state index contributed by atoms with van der Waals surface area (Å²) in [4.78, 5) is 24.4. The van der Waals surface area contributed by atoms with E-state index < -0.39 is 38.5 Å². The molecule has 1 aliphatic rings. The number of rotatable bonds is 11. The fraction of sp³-hybridized carbons (Fsp3) is 0.333. The molecule has 0 aromatic heterocycles. The van der Waals surface area contributed by atoms with Gasteiger partial charge in [-0.05, 0) is 48.7 Å². The van der Waals surface area contributed by atoms with Crippen molar-refractivity contribution in [3.63, 3.8) is 0 Å². The average molecular weight is 530 g/mol. The highest BCUT2D eigenvalue weighted by atomic mass is 31.2. The zero-order chi connectivity index (χ0) is 27.1. The van der Waals surface area contributed by atoms with Crippen LogP contribution >= 0.6 is 7.60 Å². The second-order valence-electron chi connectivity index (χ2n) is 8.76. The molecule has 1 atom stereocenters. The number of anilines is 1. The number of esters is 2. The summed E-state index contributed by atoms with van der Waals surface area (Å²) in [6.45, 7) is 3.39. The van der Waals surface area contributed by atoms with Crippen LogP contribution in [0.4, 0.5) is 5.69 Å². The Morgan fingerprint density at radius 2 is 1.59 bits per heavy atom. The van der Waals surface area contributed by atoms with Crippen molar-refractivity contribution in [3.8, 4) is 5.75 Å². The molecule has 0 saturated heterocycles. The molecule has 1 heterocycles. The molecule has 198 valence electrons. The zero-order valence-electron chi connectivity index (χ0n) is 21.4. The monoisotopic (exact) mass is 529 g/mol. The van der Waals surface area contributed by atoms with Crippen molar-refractivity contribution in [2.24, 2.45) is 0 Å². The van der Waals surface area contributed by atoms with Crippen LogP contribution < -0.4 is 4.90 Å². The second kappa shape index (κ2) is 12.2. The molecule has 9 nitrogen and oxygen atoms in total. The highest BCUT2D eigenvalue weighted by Crippen LogP contribution is 2.55. The lowest BCUT2D eigenvalue weighted by Crippen LogP contribution is -2.28. The number of benzene rings is 2. The summed E-state index contributed by atoms with van der Waals surface area (Å²) in [7, 11) is -1.83. The van der Waals surface area contributed by atoms with E-state index in [9.17, 15) is 19.3 Å². The Hall–Kier alpha value is -3.39. The quantitative estimate of drug-likeness (QED) is 0.234. The van der Waals surface area contributed by atoms with Crippen molar-refractivity contribution in [1.82, 2.24) is 0 Å². The molecule has 37 heavy (non-hydrogen) atoms. The number of likely N-dealkylation sites (N-methyl/N-ethyl adjacent to an activating group) is 1. The van der Waals surface area contributed by atoms with Crippen LogP contribution in [0.25, 0.3) is 6.08 Å². The van der Waals surface area contributed by atoms with E-state index >= 15 is 0 Å². The number of ether oxygens (including phenoxy) is 2. The molecule has 1 unspecified atom stereocenters. The Balaban J connectivity index is 1.87. The lowest BCUT2D eigenvalue weighted by Gasteiger charge is -2.30. The van der Waals surface area contributed by atoms with Crippen molar-refractivity contribution in [1.29, 1.82) is 0 Å². The van der Waals surface area contributed by atoms with Gasteiger partial charge in [0.25, 0.3) is 0 Å². The summed E-state index contributed by atoms with van der Waals surface area (Å²) in [6, 6.07) is 14.8. The summed E-state index contributed by atoms with van der Waals surface area (Å²) >= 11 is 0.